The first-order valence-corrected chi connectivity index (χ1v) is 7.94. The first-order valence-electron chi connectivity index (χ1n) is 6.46. The zero-order chi connectivity index (χ0) is 15.6. The van der Waals surface area contributed by atoms with Gasteiger partial charge >= 0.3 is 5.97 Å². The van der Waals surface area contributed by atoms with Gasteiger partial charge in [0.25, 0.3) is 0 Å². The molecule has 1 amide bonds. The predicted octanol–water partition coefficient (Wildman–Crippen LogP) is 0.317. The van der Waals surface area contributed by atoms with E-state index in [1.807, 2.05) is 0 Å². The minimum Gasteiger partial charge on any atom is -0.478 e. The van der Waals surface area contributed by atoms with E-state index >= 15 is 0 Å². The lowest BCUT2D eigenvalue weighted by Gasteiger charge is -2.18. The number of carbonyl (C=O) groups is 2. The Kier molecular flexibility index (Phi) is 4.29. The Morgan fingerprint density at radius 2 is 1.81 bits per heavy atom. The van der Waals surface area contributed by atoms with Crippen LogP contribution in [-0.2, 0) is 14.8 Å². The van der Waals surface area contributed by atoms with Gasteiger partial charge in [0.05, 0.1) is 16.4 Å². The summed E-state index contributed by atoms with van der Waals surface area (Å²) < 4.78 is 26.9. The number of rotatable bonds is 5. The van der Waals surface area contributed by atoms with E-state index in [2.05, 4.69) is 4.72 Å². The standard InChI is InChI=1S/C13H16N2O5S/c14-12(16)10-2-1-3-11(10)15-21(19,20)9-6-4-8(5-7-9)13(17)18/h4-7,10-11,15H,1-3H2,(H2,14,16)(H,17,18). The van der Waals surface area contributed by atoms with Crippen LogP contribution in [0.1, 0.15) is 29.6 Å². The minimum absolute atomic E-state index is 0.00447. The fourth-order valence-electron chi connectivity index (χ4n) is 2.49. The van der Waals surface area contributed by atoms with E-state index in [-0.39, 0.29) is 10.5 Å². The molecule has 0 bridgehead atoms. The number of carboxylic acids is 1. The average molecular weight is 312 g/mol. The van der Waals surface area contributed by atoms with Crippen LogP contribution >= 0.6 is 0 Å². The Morgan fingerprint density at radius 1 is 1.19 bits per heavy atom. The predicted molar refractivity (Wildman–Crippen MR) is 74.0 cm³/mol. The van der Waals surface area contributed by atoms with Crippen LogP contribution in [-0.4, -0.2) is 31.4 Å². The number of primary amides is 1. The quantitative estimate of drug-likeness (QED) is 0.721. The summed E-state index contributed by atoms with van der Waals surface area (Å²) in [7, 11) is -3.80. The summed E-state index contributed by atoms with van der Waals surface area (Å²) >= 11 is 0. The molecule has 0 saturated heterocycles. The molecule has 0 heterocycles. The number of aromatic carboxylic acids is 1. The van der Waals surface area contributed by atoms with Crippen molar-refractivity contribution >= 4 is 21.9 Å². The molecule has 1 aromatic rings. The van der Waals surface area contributed by atoms with E-state index in [4.69, 9.17) is 10.8 Å². The summed E-state index contributed by atoms with van der Waals surface area (Å²) in [4.78, 5) is 22.0. The number of amides is 1. The highest BCUT2D eigenvalue weighted by Gasteiger charge is 2.34. The van der Waals surface area contributed by atoms with Crippen molar-refractivity contribution in [2.75, 3.05) is 0 Å². The maximum absolute atomic E-state index is 12.2. The summed E-state index contributed by atoms with van der Waals surface area (Å²) in [6, 6.07) is 4.38. The van der Waals surface area contributed by atoms with Crippen LogP contribution in [0.3, 0.4) is 0 Å². The SMILES string of the molecule is NC(=O)C1CCCC1NS(=O)(=O)c1ccc(C(=O)O)cc1. The lowest BCUT2D eigenvalue weighted by Crippen LogP contribution is -2.42. The van der Waals surface area contributed by atoms with Gasteiger partial charge < -0.3 is 10.8 Å². The van der Waals surface area contributed by atoms with Crippen LogP contribution in [0.25, 0.3) is 0 Å². The van der Waals surface area contributed by atoms with Gasteiger partial charge in [0.1, 0.15) is 0 Å². The largest absolute Gasteiger partial charge is 0.478 e. The molecule has 0 aliphatic heterocycles. The van der Waals surface area contributed by atoms with E-state index in [9.17, 15) is 18.0 Å². The molecule has 21 heavy (non-hydrogen) atoms. The maximum atomic E-state index is 12.2. The Bertz CT molecular complexity index is 654. The highest BCUT2D eigenvalue weighted by atomic mass is 32.2. The van der Waals surface area contributed by atoms with Gasteiger partial charge in [-0.15, -0.1) is 0 Å². The molecule has 2 rings (SSSR count). The highest BCUT2D eigenvalue weighted by molar-refractivity contribution is 7.89. The molecule has 0 radical (unpaired) electrons. The molecule has 8 heteroatoms. The lowest BCUT2D eigenvalue weighted by atomic mass is 10.0. The van der Waals surface area contributed by atoms with E-state index in [1.54, 1.807) is 0 Å². The molecule has 1 fully saturated rings. The van der Waals surface area contributed by atoms with Crippen molar-refractivity contribution in [1.82, 2.24) is 4.72 Å². The monoisotopic (exact) mass is 312 g/mol. The normalized spacial score (nSPS) is 22.1. The third kappa shape index (κ3) is 3.40. The molecule has 1 saturated carbocycles. The number of carboxylic acid groups (broad SMARTS) is 1. The lowest BCUT2D eigenvalue weighted by molar-refractivity contribution is -0.122. The summed E-state index contributed by atoms with van der Waals surface area (Å²) in [5, 5.41) is 8.79. The highest BCUT2D eigenvalue weighted by Crippen LogP contribution is 2.26. The molecule has 1 aliphatic carbocycles. The fraction of sp³-hybridized carbons (Fsp3) is 0.385. The Balaban J connectivity index is 2.18. The van der Waals surface area contributed by atoms with Crippen LogP contribution < -0.4 is 10.5 Å². The third-order valence-corrected chi connectivity index (χ3v) is 5.11. The third-order valence-electron chi connectivity index (χ3n) is 3.60. The molecular weight excluding hydrogens is 296 g/mol. The summed E-state index contributed by atoms with van der Waals surface area (Å²) in [5.41, 5.74) is 5.26. The van der Waals surface area contributed by atoms with Crippen LogP contribution in [0, 0.1) is 5.92 Å². The van der Waals surface area contributed by atoms with Crippen LogP contribution in [0.4, 0.5) is 0 Å². The molecule has 1 aliphatic rings. The number of nitrogens with one attached hydrogen (secondary N) is 1. The topological polar surface area (TPSA) is 127 Å². The molecule has 114 valence electrons. The first-order chi connectivity index (χ1) is 9.81. The van der Waals surface area contributed by atoms with Gasteiger partial charge in [-0.3, -0.25) is 4.79 Å². The Labute approximate surface area is 122 Å². The van der Waals surface area contributed by atoms with Crippen molar-refractivity contribution in [2.24, 2.45) is 11.7 Å². The van der Waals surface area contributed by atoms with Gasteiger partial charge in [0.15, 0.2) is 0 Å². The molecule has 4 N–H and O–H groups in total. The van der Waals surface area contributed by atoms with Gasteiger partial charge in [-0.05, 0) is 37.1 Å². The zero-order valence-corrected chi connectivity index (χ0v) is 12.0. The molecule has 2 atom stereocenters. The molecule has 1 aromatic carbocycles. The second-order valence-corrected chi connectivity index (χ2v) is 6.71. The van der Waals surface area contributed by atoms with Crippen LogP contribution in [0.2, 0.25) is 0 Å². The number of nitrogens with two attached hydrogens (primary N) is 1. The van der Waals surface area contributed by atoms with Crippen molar-refractivity contribution in [3.63, 3.8) is 0 Å². The van der Waals surface area contributed by atoms with Crippen LogP contribution in [0.5, 0.6) is 0 Å². The average Bonchev–Trinajstić information content (AvgIpc) is 2.86. The van der Waals surface area contributed by atoms with Gasteiger partial charge in [-0.25, -0.2) is 17.9 Å². The number of hydrogen-bond donors (Lipinski definition) is 3. The smallest absolute Gasteiger partial charge is 0.335 e. The van der Waals surface area contributed by atoms with Gasteiger partial charge in [-0.1, -0.05) is 6.42 Å². The van der Waals surface area contributed by atoms with E-state index < -0.39 is 33.9 Å². The minimum atomic E-state index is -3.80. The van der Waals surface area contributed by atoms with E-state index in [0.717, 1.165) is 6.42 Å². The van der Waals surface area contributed by atoms with Crippen molar-refractivity contribution in [3.05, 3.63) is 29.8 Å². The fourth-order valence-corrected chi connectivity index (χ4v) is 3.80. The second-order valence-electron chi connectivity index (χ2n) is 5.00. The molecule has 0 aromatic heterocycles. The first kappa shape index (κ1) is 15.5. The number of benzene rings is 1. The Hall–Kier alpha value is -1.93. The van der Waals surface area contributed by atoms with Crippen LogP contribution in [0.15, 0.2) is 29.2 Å². The molecular formula is C13H16N2O5S. The summed E-state index contributed by atoms with van der Waals surface area (Å²) in [5.74, 6) is -2.14. The summed E-state index contributed by atoms with van der Waals surface area (Å²) in [6.45, 7) is 0. The maximum Gasteiger partial charge on any atom is 0.335 e. The Morgan fingerprint density at radius 3 is 2.33 bits per heavy atom. The van der Waals surface area contributed by atoms with Gasteiger partial charge in [0.2, 0.25) is 15.9 Å². The van der Waals surface area contributed by atoms with E-state index in [1.165, 1.54) is 24.3 Å². The van der Waals surface area contributed by atoms with Crippen molar-refractivity contribution in [1.29, 1.82) is 0 Å². The van der Waals surface area contributed by atoms with Crippen molar-refractivity contribution in [3.8, 4) is 0 Å². The number of hydrogen-bond acceptors (Lipinski definition) is 4. The van der Waals surface area contributed by atoms with Gasteiger partial charge in [0, 0.05) is 6.04 Å². The molecule has 2 unspecified atom stereocenters. The number of carbonyl (C=O) groups excluding carboxylic acids is 1. The van der Waals surface area contributed by atoms with Crippen molar-refractivity contribution < 1.29 is 23.1 Å². The molecule has 7 nitrogen and oxygen atoms in total. The van der Waals surface area contributed by atoms with Crippen molar-refractivity contribution in [2.45, 2.75) is 30.2 Å². The molecule has 0 spiro atoms. The van der Waals surface area contributed by atoms with Gasteiger partial charge in [-0.2, -0.15) is 0 Å². The summed E-state index contributed by atoms with van der Waals surface area (Å²) in [6.07, 6.45) is 1.86. The van der Waals surface area contributed by atoms with E-state index in [0.29, 0.717) is 12.8 Å². The second kappa shape index (κ2) is 5.82. The number of sulfonamides is 1. The zero-order valence-electron chi connectivity index (χ0n) is 11.2.